The lowest BCUT2D eigenvalue weighted by molar-refractivity contribution is 0.314. The summed E-state index contributed by atoms with van der Waals surface area (Å²) in [6.07, 6.45) is 0. The van der Waals surface area contributed by atoms with Gasteiger partial charge in [-0.3, -0.25) is 0 Å². The highest BCUT2D eigenvalue weighted by molar-refractivity contribution is 5.73. The Morgan fingerprint density at radius 3 is 1.82 bits per heavy atom. The van der Waals surface area contributed by atoms with Gasteiger partial charge < -0.3 is 10.6 Å². The number of nitrogens with zero attached hydrogens (tertiary/aromatic N) is 6. The van der Waals surface area contributed by atoms with Crippen LogP contribution in [0.4, 0.5) is 11.6 Å². The van der Waals surface area contributed by atoms with Gasteiger partial charge in [-0.1, -0.05) is 0 Å². The molecule has 0 fully saturated rings. The van der Waals surface area contributed by atoms with Crippen molar-refractivity contribution in [3.63, 3.8) is 0 Å². The third kappa shape index (κ3) is 2.18. The number of nitrogens with one attached hydrogen (secondary N) is 2. The molecule has 0 saturated carbocycles. The Morgan fingerprint density at radius 2 is 1.41 bits per heavy atom. The van der Waals surface area contributed by atoms with Crippen LogP contribution in [0.2, 0.25) is 0 Å². The molecule has 2 aromatic heterocycles. The maximum atomic E-state index is 8.49. The number of anilines is 2. The van der Waals surface area contributed by atoms with Gasteiger partial charge in [0.15, 0.2) is 11.6 Å². The molecular weight excluding hydrogens is 224 g/mol. The van der Waals surface area contributed by atoms with Crippen LogP contribution in [0.5, 0.6) is 0 Å². The van der Waals surface area contributed by atoms with Crippen molar-refractivity contribution in [3.8, 4) is 12.1 Å². The predicted octanol–water partition coefficient (Wildman–Crippen LogP) is -0.116. The fourth-order valence-electron chi connectivity index (χ4n) is 1.13. The van der Waals surface area contributed by atoms with Gasteiger partial charge in [0.25, 0.3) is 0 Å². The van der Waals surface area contributed by atoms with Crippen molar-refractivity contribution in [1.82, 2.24) is 20.3 Å². The molecule has 2 aromatic rings. The average Bonchev–Trinajstić information content (AvgIpc) is 2.80. The lowest BCUT2D eigenvalue weighted by Crippen LogP contribution is -2.09. The number of fused-ring (bicyclic) bond motifs is 1. The van der Waals surface area contributed by atoms with E-state index in [1.807, 2.05) is 12.1 Å². The van der Waals surface area contributed by atoms with E-state index in [2.05, 4.69) is 35.5 Å². The number of hydrogen-bond donors (Lipinski definition) is 2. The molecule has 0 aromatic carbocycles. The van der Waals surface area contributed by atoms with Crippen LogP contribution >= 0.6 is 0 Å². The van der Waals surface area contributed by atoms with Gasteiger partial charge in [-0.2, -0.15) is 10.5 Å². The summed E-state index contributed by atoms with van der Waals surface area (Å²) < 4.78 is 4.47. The topological polar surface area (TPSA) is 136 Å². The second-order valence-corrected chi connectivity index (χ2v) is 2.86. The van der Waals surface area contributed by atoms with Gasteiger partial charge in [0.2, 0.25) is 11.3 Å². The SMILES string of the molecule is N#CCNc1nc2nonc2nc1NCC#N. The molecule has 9 nitrogen and oxygen atoms in total. The summed E-state index contributed by atoms with van der Waals surface area (Å²) >= 11 is 0. The molecule has 0 aliphatic heterocycles. The van der Waals surface area contributed by atoms with Crippen molar-refractivity contribution >= 4 is 22.9 Å². The summed E-state index contributed by atoms with van der Waals surface area (Å²) in [5.41, 5.74) is 0.459. The molecule has 0 aliphatic carbocycles. The van der Waals surface area contributed by atoms with Gasteiger partial charge in [0.05, 0.1) is 12.1 Å². The van der Waals surface area contributed by atoms with Crippen molar-refractivity contribution in [3.05, 3.63) is 0 Å². The van der Waals surface area contributed by atoms with Crippen molar-refractivity contribution in [1.29, 1.82) is 10.5 Å². The molecule has 2 N–H and O–H groups in total. The second kappa shape index (κ2) is 4.72. The third-order valence-electron chi connectivity index (χ3n) is 1.78. The predicted molar refractivity (Wildman–Crippen MR) is 55.6 cm³/mol. The van der Waals surface area contributed by atoms with Crippen molar-refractivity contribution in [2.75, 3.05) is 23.7 Å². The fourth-order valence-corrected chi connectivity index (χ4v) is 1.13. The molecule has 2 heterocycles. The quantitative estimate of drug-likeness (QED) is 0.688. The molecule has 0 saturated heterocycles. The standard InChI is InChI=1S/C8H6N8O/c9-1-3-11-5-6(12-4-2-10)14-8-7(13-5)15-17-16-8/h3-4H2,(H,11,13,15)(H,12,14,16). The zero-order valence-electron chi connectivity index (χ0n) is 8.51. The summed E-state index contributed by atoms with van der Waals surface area (Å²) in [6, 6.07) is 3.82. The normalized spacial score (nSPS) is 9.53. The first-order valence-electron chi connectivity index (χ1n) is 4.57. The number of hydrogen-bond acceptors (Lipinski definition) is 9. The minimum Gasteiger partial charge on any atom is -0.354 e. The maximum absolute atomic E-state index is 8.49. The highest BCUT2D eigenvalue weighted by Gasteiger charge is 2.11. The average molecular weight is 230 g/mol. The maximum Gasteiger partial charge on any atom is 0.245 e. The van der Waals surface area contributed by atoms with E-state index in [-0.39, 0.29) is 24.4 Å². The second-order valence-electron chi connectivity index (χ2n) is 2.86. The van der Waals surface area contributed by atoms with Crippen LogP contribution < -0.4 is 10.6 Å². The molecule has 0 amide bonds. The Bertz CT molecular complexity index is 554. The van der Waals surface area contributed by atoms with Crippen molar-refractivity contribution in [2.24, 2.45) is 0 Å². The molecule has 2 rings (SSSR count). The lowest BCUT2D eigenvalue weighted by Gasteiger charge is -2.06. The van der Waals surface area contributed by atoms with Gasteiger partial charge >= 0.3 is 0 Å². The van der Waals surface area contributed by atoms with Crippen LogP contribution in [0.25, 0.3) is 11.3 Å². The molecule has 0 radical (unpaired) electrons. The molecule has 0 aliphatic rings. The molecule has 84 valence electrons. The smallest absolute Gasteiger partial charge is 0.245 e. The first-order valence-corrected chi connectivity index (χ1v) is 4.57. The van der Waals surface area contributed by atoms with Crippen molar-refractivity contribution < 1.29 is 4.63 Å². The first kappa shape index (κ1) is 10.6. The molecule has 0 bridgehead atoms. The summed E-state index contributed by atoms with van der Waals surface area (Å²) in [4.78, 5) is 8.12. The number of rotatable bonds is 4. The Hall–Kier alpha value is -2.94. The molecule has 17 heavy (non-hydrogen) atoms. The molecule has 0 unspecified atom stereocenters. The molecule has 0 atom stereocenters. The minimum absolute atomic E-state index is 0.0622. The van der Waals surface area contributed by atoms with Gasteiger partial charge in [-0.05, 0) is 10.3 Å². The van der Waals surface area contributed by atoms with Gasteiger partial charge in [-0.15, -0.1) is 0 Å². The van der Waals surface area contributed by atoms with Gasteiger partial charge in [0, 0.05) is 0 Å². The Labute approximate surface area is 95.0 Å². The molecule has 0 spiro atoms. The summed E-state index contributed by atoms with van der Waals surface area (Å²) in [6.45, 7) is 0.124. The zero-order valence-corrected chi connectivity index (χ0v) is 8.51. The van der Waals surface area contributed by atoms with E-state index in [1.54, 1.807) is 0 Å². The van der Waals surface area contributed by atoms with E-state index < -0.39 is 0 Å². The Morgan fingerprint density at radius 1 is 0.941 bits per heavy atom. The number of aromatic nitrogens is 4. The summed E-state index contributed by atoms with van der Waals surface area (Å²) in [5.74, 6) is 0.648. The zero-order chi connectivity index (χ0) is 12.1. The van der Waals surface area contributed by atoms with E-state index in [4.69, 9.17) is 10.5 Å². The lowest BCUT2D eigenvalue weighted by atomic mass is 10.5. The first-order chi connectivity index (χ1) is 8.35. The van der Waals surface area contributed by atoms with Crippen LogP contribution in [0, 0.1) is 22.7 Å². The van der Waals surface area contributed by atoms with Gasteiger partial charge in [-0.25, -0.2) is 14.6 Å². The number of nitriles is 2. The van der Waals surface area contributed by atoms with Crippen LogP contribution in [-0.2, 0) is 0 Å². The summed E-state index contributed by atoms with van der Waals surface area (Å²) in [7, 11) is 0. The van der Waals surface area contributed by atoms with E-state index in [0.717, 1.165) is 0 Å². The van der Waals surface area contributed by atoms with E-state index >= 15 is 0 Å². The largest absolute Gasteiger partial charge is 0.354 e. The van der Waals surface area contributed by atoms with E-state index in [0.29, 0.717) is 11.6 Å². The highest BCUT2D eigenvalue weighted by Crippen LogP contribution is 2.18. The fraction of sp³-hybridized carbons (Fsp3) is 0.250. The van der Waals surface area contributed by atoms with Crippen molar-refractivity contribution in [2.45, 2.75) is 0 Å². The Kier molecular flexibility index (Phi) is 2.94. The van der Waals surface area contributed by atoms with E-state index in [1.165, 1.54) is 0 Å². The van der Waals surface area contributed by atoms with Crippen LogP contribution in [0.15, 0.2) is 4.63 Å². The monoisotopic (exact) mass is 230 g/mol. The third-order valence-corrected chi connectivity index (χ3v) is 1.78. The minimum atomic E-state index is 0.0622. The van der Waals surface area contributed by atoms with Crippen LogP contribution in [0.1, 0.15) is 0 Å². The molecular formula is C8H6N8O. The van der Waals surface area contributed by atoms with Gasteiger partial charge in [0.1, 0.15) is 13.1 Å². The molecule has 9 heteroatoms. The van der Waals surface area contributed by atoms with E-state index in [9.17, 15) is 0 Å². The highest BCUT2D eigenvalue weighted by atomic mass is 16.6. The Balaban J connectivity index is 2.37. The van der Waals surface area contributed by atoms with Crippen LogP contribution in [0.3, 0.4) is 0 Å². The van der Waals surface area contributed by atoms with Crippen LogP contribution in [-0.4, -0.2) is 33.4 Å². The summed E-state index contributed by atoms with van der Waals surface area (Å²) in [5, 5.41) is 29.5.